The van der Waals surface area contributed by atoms with Crippen LogP contribution in [-0.2, 0) is 16.6 Å². The zero-order valence-electron chi connectivity index (χ0n) is 10.6. The van der Waals surface area contributed by atoms with Gasteiger partial charge in [-0.3, -0.25) is 4.90 Å². The summed E-state index contributed by atoms with van der Waals surface area (Å²) in [5, 5.41) is 0.116. The van der Waals surface area contributed by atoms with Crippen molar-refractivity contribution in [1.82, 2.24) is 9.21 Å². The van der Waals surface area contributed by atoms with Crippen molar-refractivity contribution in [2.45, 2.75) is 6.54 Å². The van der Waals surface area contributed by atoms with Crippen LogP contribution in [0.3, 0.4) is 0 Å². The van der Waals surface area contributed by atoms with Gasteiger partial charge in [0, 0.05) is 32.7 Å². The first-order chi connectivity index (χ1) is 8.86. The van der Waals surface area contributed by atoms with Crippen molar-refractivity contribution >= 4 is 21.6 Å². The second-order valence-electron chi connectivity index (χ2n) is 4.69. The van der Waals surface area contributed by atoms with Gasteiger partial charge in [0.25, 0.3) is 0 Å². The fourth-order valence-electron chi connectivity index (χ4n) is 2.12. The molecule has 1 saturated heterocycles. The minimum atomic E-state index is -3.11. The molecule has 19 heavy (non-hydrogen) atoms. The molecule has 2 rings (SSSR count). The third kappa shape index (κ3) is 3.89. The number of rotatable bonds is 3. The quantitative estimate of drug-likeness (QED) is 0.851. The third-order valence-corrected chi connectivity index (χ3v) is 4.80. The Kier molecular flexibility index (Phi) is 4.45. The zero-order valence-corrected chi connectivity index (χ0v) is 12.2. The van der Waals surface area contributed by atoms with E-state index in [1.807, 2.05) is 0 Å². The number of benzene rings is 1. The molecule has 0 aliphatic carbocycles. The molecule has 4 nitrogen and oxygen atoms in total. The Labute approximate surface area is 117 Å². The van der Waals surface area contributed by atoms with Crippen molar-refractivity contribution in [2.24, 2.45) is 0 Å². The van der Waals surface area contributed by atoms with E-state index < -0.39 is 15.8 Å². The lowest BCUT2D eigenvalue weighted by atomic mass is 10.2. The Bertz CT molecular complexity index is 557. The molecule has 7 heteroatoms. The van der Waals surface area contributed by atoms with Gasteiger partial charge in [-0.05, 0) is 17.7 Å². The first-order valence-electron chi connectivity index (χ1n) is 5.97. The molecule has 0 atom stereocenters. The number of hydrogen-bond acceptors (Lipinski definition) is 3. The lowest BCUT2D eigenvalue weighted by Crippen LogP contribution is -2.47. The lowest BCUT2D eigenvalue weighted by Gasteiger charge is -2.33. The average Bonchev–Trinajstić information content (AvgIpc) is 2.33. The van der Waals surface area contributed by atoms with E-state index in [-0.39, 0.29) is 5.02 Å². The molecule has 0 amide bonds. The van der Waals surface area contributed by atoms with Crippen LogP contribution in [0.1, 0.15) is 5.56 Å². The van der Waals surface area contributed by atoms with Gasteiger partial charge in [0.2, 0.25) is 10.0 Å². The van der Waals surface area contributed by atoms with Gasteiger partial charge < -0.3 is 0 Å². The number of hydrogen-bond donors (Lipinski definition) is 0. The molecule has 1 aromatic carbocycles. The molecule has 0 saturated carbocycles. The maximum absolute atomic E-state index is 13.3. The van der Waals surface area contributed by atoms with Crippen LogP contribution in [0.2, 0.25) is 5.02 Å². The molecule has 0 spiro atoms. The summed E-state index contributed by atoms with van der Waals surface area (Å²) < 4.78 is 37.5. The predicted molar refractivity (Wildman–Crippen MR) is 73.1 cm³/mol. The largest absolute Gasteiger partial charge is 0.296 e. The highest BCUT2D eigenvalue weighted by Crippen LogP contribution is 2.17. The monoisotopic (exact) mass is 306 g/mol. The molecule has 0 bridgehead atoms. The van der Waals surface area contributed by atoms with E-state index in [9.17, 15) is 12.8 Å². The van der Waals surface area contributed by atoms with E-state index in [0.29, 0.717) is 32.7 Å². The topological polar surface area (TPSA) is 40.6 Å². The van der Waals surface area contributed by atoms with Gasteiger partial charge in [-0.15, -0.1) is 0 Å². The van der Waals surface area contributed by atoms with Gasteiger partial charge in [0.15, 0.2) is 0 Å². The summed E-state index contributed by atoms with van der Waals surface area (Å²) in [4.78, 5) is 2.10. The minimum Gasteiger partial charge on any atom is -0.296 e. The normalized spacial score (nSPS) is 18.7. The molecular formula is C12H16ClFN2O2S. The summed E-state index contributed by atoms with van der Waals surface area (Å²) in [5.74, 6) is -0.422. The predicted octanol–water partition coefficient (Wildman–Crippen LogP) is 1.56. The van der Waals surface area contributed by atoms with Crippen LogP contribution in [0.15, 0.2) is 18.2 Å². The third-order valence-electron chi connectivity index (χ3n) is 3.19. The molecule has 1 aliphatic heterocycles. The van der Waals surface area contributed by atoms with Gasteiger partial charge in [0.05, 0.1) is 11.3 Å². The van der Waals surface area contributed by atoms with Gasteiger partial charge in [0.1, 0.15) is 5.82 Å². The van der Waals surface area contributed by atoms with Crippen molar-refractivity contribution in [1.29, 1.82) is 0 Å². The van der Waals surface area contributed by atoms with Gasteiger partial charge in [-0.1, -0.05) is 17.7 Å². The van der Waals surface area contributed by atoms with Crippen LogP contribution in [0, 0.1) is 5.82 Å². The molecule has 0 N–H and O–H groups in total. The van der Waals surface area contributed by atoms with E-state index in [1.54, 1.807) is 12.1 Å². The van der Waals surface area contributed by atoms with Crippen molar-refractivity contribution in [3.8, 4) is 0 Å². The van der Waals surface area contributed by atoms with Crippen LogP contribution in [0.5, 0.6) is 0 Å². The molecule has 106 valence electrons. The molecule has 0 radical (unpaired) electrons. The van der Waals surface area contributed by atoms with Gasteiger partial charge in [-0.25, -0.2) is 12.8 Å². The molecule has 0 aromatic heterocycles. The first kappa shape index (κ1) is 14.7. The van der Waals surface area contributed by atoms with E-state index in [2.05, 4.69) is 4.90 Å². The fraction of sp³-hybridized carbons (Fsp3) is 0.500. The van der Waals surface area contributed by atoms with E-state index in [0.717, 1.165) is 5.56 Å². The highest BCUT2D eigenvalue weighted by molar-refractivity contribution is 7.88. The molecule has 1 aromatic rings. The average molecular weight is 307 g/mol. The number of halogens is 2. The van der Waals surface area contributed by atoms with Crippen molar-refractivity contribution in [3.05, 3.63) is 34.6 Å². The highest BCUT2D eigenvalue weighted by Gasteiger charge is 2.23. The molecule has 1 heterocycles. The summed E-state index contributed by atoms with van der Waals surface area (Å²) in [6.45, 7) is 2.87. The van der Waals surface area contributed by atoms with Crippen LogP contribution >= 0.6 is 11.6 Å². The molecule has 1 fully saturated rings. The maximum Gasteiger partial charge on any atom is 0.211 e. The Morgan fingerprint density at radius 1 is 1.26 bits per heavy atom. The molecule has 0 unspecified atom stereocenters. The Morgan fingerprint density at radius 3 is 2.42 bits per heavy atom. The van der Waals surface area contributed by atoms with Crippen molar-refractivity contribution in [3.63, 3.8) is 0 Å². The van der Waals surface area contributed by atoms with E-state index in [1.165, 1.54) is 16.6 Å². The summed E-state index contributed by atoms with van der Waals surface area (Å²) >= 11 is 5.63. The van der Waals surface area contributed by atoms with Crippen LogP contribution < -0.4 is 0 Å². The molecular weight excluding hydrogens is 291 g/mol. The second-order valence-corrected chi connectivity index (χ2v) is 7.08. The summed E-state index contributed by atoms with van der Waals surface area (Å²) in [7, 11) is -3.11. The number of nitrogens with zero attached hydrogens (tertiary/aromatic N) is 2. The minimum absolute atomic E-state index is 0.116. The first-order valence-corrected chi connectivity index (χ1v) is 8.20. The Balaban J connectivity index is 1.94. The summed E-state index contributed by atoms with van der Waals surface area (Å²) in [6, 6.07) is 4.75. The second kappa shape index (κ2) is 5.75. The Morgan fingerprint density at radius 2 is 1.89 bits per heavy atom. The van der Waals surface area contributed by atoms with E-state index in [4.69, 9.17) is 11.6 Å². The van der Waals surface area contributed by atoms with Gasteiger partial charge in [-0.2, -0.15) is 4.31 Å². The maximum atomic E-state index is 13.3. The van der Waals surface area contributed by atoms with Crippen molar-refractivity contribution in [2.75, 3.05) is 32.4 Å². The van der Waals surface area contributed by atoms with Gasteiger partial charge >= 0.3 is 0 Å². The fourth-order valence-corrected chi connectivity index (χ4v) is 3.06. The van der Waals surface area contributed by atoms with Crippen molar-refractivity contribution < 1.29 is 12.8 Å². The lowest BCUT2D eigenvalue weighted by molar-refractivity contribution is 0.182. The van der Waals surface area contributed by atoms with Crippen LogP contribution in [0.25, 0.3) is 0 Å². The summed E-state index contributed by atoms with van der Waals surface area (Å²) in [5.41, 5.74) is 0.842. The van der Waals surface area contributed by atoms with Crippen LogP contribution in [0.4, 0.5) is 4.39 Å². The SMILES string of the molecule is CS(=O)(=O)N1CCN(Cc2ccc(Cl)c(F)c2)CC1. The number of sulfonamides is 1. The summed E-state index contributed by atoms with van der Waals surface area (Å²) in [6.07, 6.45) is 1.22. The smallest absolute Gasteiger partial charge is 0.211 e. The Hall–Kier alpha value is -0.690. The van der Waals surface area contributed by atoms with E-state index >= 15 is 0 Å². The van der Waals surface area contributed by atoms with Crippen LogP contribution in [-0.4, -0.2) is 50.1 Å². The number of piperazine rings is 1. The standard InChI is InChI=1S/C12H16ClFN2O2S/c1-19(17,18)16-6-4-15(5-7-16)9-10-2-3-11(13)12(14)8-10/h2-3,8H,4-7,9H2,1H3. The highest BCUT2D eigenvalue weighted by atomic mass is 35.5. The zero-order chi connectivity index (χ0) is 14.0. The molecule has 1 aliphatic rings.